The van der Waals surface area contributed by atoms with Crippen molar-refractivity contribution >= 4 is 11.7 Å². The van der Waals surface area contributed by atoms with Crippen molar-refractivity contribution in [2.75, 3.05) is 0 Å². The second-order valence-electron chi connectivity index (χ2n) is 8.94. The highest BCUT2D eigenvalue weighted by atomic mass is 16.6. The lowest BCUT2D eigenvalue weighted by atomic mass is 9.91. The largest absolute Gasteiger partial charge is 0.458 e. The van der Waals surface area contributed by atoms with Gasteiger partial charge in [-0.15, -0.1) is 0 Å². The van der Waals surface area contributed by atoms with E-state index in [0.29, 0.717) is 0 Å². The molecule has 0 heterocycles. The predicted octanol–water partition coefficient (Wildman–Crippen LogP) is 6.20. The Bertz CT molecular complexity index is 756. The fraction of sp³-hybridized carbons (Fsp3) is 0.462. The van der Waals surface area contributed by atoms with E-state index in [9.17, 15) is 4.79 Å². The van der Waals surface area contributed by atoms with Crippen LogP contribution < -0.4 is 0 Å². The number of carbonyl (C=O) groups excluding carboxylic acids is 1. The van der Waals surface area contributed by atoms with Crippen LogP contribution in [0.2, 0.25) is 0 Å². The Labute approximate surface area is 175 Å². The van der Waals surface area contributed by atoms with E-state index in [1.807, 2.05) is 57.2 Å². The number of rotatable bonds is 5. The summed E-state index contributed by atoms with van der Waals surface area (Å²) in [6.45, 7) is 5.77. The fourth-order valence-electron chi connectivity index (χ4n) is 3.99. The van der Waals surface area contributed by atoms with Crippen LogP contribution in [-0.2, 0) is 9.53 Å². The first-order chi connectivity index (χ1) is 13.9. The van der Waals surface area contributed by atoms with Gasteiger partial charge in [0.1, 0.15) is 5.60 Å². The fourth-order valence-corrected chi connectivity index (χ4v) is 3.99. The summed E-state index contributed by atoms with van der Waals surface area (Å²) in [5.41, 5.74) is 2.41. The van der Waals surface area contributed by atoms with E-state index >= 15 is 0 Å². The minimum Gasteiger partial charge on any atom is -0.458 e. The van der Waals surface area contributed by atoms with Gasteiger partial charge in [0.2, 0.25) is 0 Å². The average Bonchev–Trinajstić information content (AvgIpc) is 2.98. The van der Waals surface area contributed by atoms with Crippen LogP contribution in [-0.4, -0.2) is 23.3 Å². The summed E-state index contributed by atoms with van der Waals surface area (Å²) in [7, 11) is 0. The summed E-state index contributed by atoms with van der Waals surface area (Å²) >= 11 is 0. The van der Waals surface area contributed by atoms with Gasteiger partial charge in [0.15, 0.2) is 6.04 Å². The smallest absolute Gasteiger partial charge is 0.331 e. The van der Waals surface area contributed by atoms with Crippen LogP contribution in [0.3, 0.4) is 0 Å². The molecule has 3 rings (SSSR count). The molecule has 0 aliphatic heterocycles. The Morgan fingerprint density at radius 3 is 1.79 bits per heavy atom. The SMILES string of the molecule is CC(C)(C)OC(=O)[C@@H](N=C(c1ccccc1)c1ccccc1)C1CCCCCC1. The van der Waals surface area contributed by atoms with E-state index in [-0.39, 0.29) is 11.9 Å². The summed E-state index contributed by atoms with van der Waals surface area (Å²) < 4.78 is 5.82. The van der Waals surface area contributed by atoms with Gasteiger partial charge < -0.3 is 4.74 Å². The molecular weight excluding hydrogens is 358 g/mol. The zero-order chi connectivity index (χ0) is 20.7. The Morgan fingerprint density at radius 2 is 1.34 bits per heavy atom. The molecule has 1 saturated carbocycles. The number of aliphatic imine (C=N–C) groups is 1. The lowest BCUT2D eigenvalue weighted by molar-refractivity contribution is -0.157. The van der Waals surface area contributed by atoms with Crippen LogP contribution in [0.15, 0.2) is 65.7 Å². The van der Waals surface area contributed by atoms with E-state index in [0.717, 1.165) is 42.5 Å². The first-order valence-corrected chi connectivity index (χ1v) is 10.9. The van der Waals surface area contributed by atoms with Crippen molar-refractivity contribution < 1.29 is 9.53 Å². The Balaban J connectivity index is 2.04. The molecule has 0 aromatic heterocycles. The van der Waals surface area contributed by atoms with Crippen molar-refractivity contribution in [3.63, 3.8) is 0 Å². The molecule has 2 aromatic rings. The molecule has 0 bridgehead atoms. The summed E-state index contributed by atoms with van der Waals surface area (Å²) in [5, 5.41) is 0. The molecule has 0 amide bonds. The molecule has 0 saturated heterocycles. The number of nitrogens with zero attached hydrogens (tertiary/aromatic N) is 1. The maximum absolute atomic E-state index is 13.2. The lowest BCUT2D eigenvalue weighted by Gasteiger charge is -2.27. The molecule has 3 nitrogen and oxygen atoms in total. The van der Waals surface area contributed by atoms with Crippen molar-refractivity contribution in [2.24, 2.45) is 10.9 Å². The Hall–Kier alpha value is -2.42. The summed E-state index contributed by atoms with van der Waals surface area (Å²) in [6.07, 6.45) is 6.86. The molecule has 1 fully saturated rings. The van der Waals surface area contributed by atoms with Crippen LogP contribution in [0, 0.1) is 5.92 Å². The van der Waals surface area contributed by atoms with E-state index in [1.54, 1.807) is 0 Å². The molecule has 0 radical (unpaired) electrons. The number of hydrogen-bond donors (Lipinski definition) is 0. The van der Waals surface area contributed by atoms with Crippen molar-refractivity contribution in [3.8, 4) is 0 Å². The lowest BCUT2D eigenvalue weighted by Crippen LogP contribution is -2.36. The van der Waals surface area contributed by atoms with Crippen LogP contribution in [0.1, 0.15) is 70.4 Å². The van der Waals surface area contributed by atoms with Gasteiger partial charge in [-0.25, -0.2) is 4.79 Å². The third kappa shape index (κ3) is 6.28. The minimum atomic E-state index is -0.519. The van der Waals surface area contributed by atoms with Gasteiger partial charge in [-0.1, -0.05) is 86.3 Å². The van der Waals surface area contributed by atoms with Crippen molar-refractivity contribution in [2.45, 2.75) is 70.9 Å². The summed E-state index contributed by atoms with van der Waals surface area (Å²) in [5.74, 6) is 0.0311. The van der Waals surface area contributed by atoms with Crippen molar-refractivity contribution in [1.82, 2.24) is 0 Å². The third-order valence-corrected chi connectivity index (χ3v) is 5.36. The van der Waals surface area contributed by atoms with Gasteiger partial charge in [0.25, 0.3) is 0 Å². The molecule has 0 spiro atoms. The maximum atomic E-state index is 13.2. The molecule has 0 unspecified atom stereocenters. The van der Waals surface area contributed by atoms with E-state index in [1.165, 1.54) is 12.8 Å². The van der Waals surface area contributed by atoms with Gasteiger partial charge in [0.05, 0.1) is 5.71 Å². The molecule has 2 aromatic carbocycles. The number of ether oxygens (including phenoxy) is 1. The van der Waals surface area contributed by atoms with Crippen molar-refractivity contribution in [3.05, 3.63) is 71.8 Å². The molecule has 154 valence electrons. The highest BCUT2D eigenvalue weighted by Gasteiger charge is 2.33. The van der Waals surface area contributed by atoms with E-state index in [4.69, 9.17) is 9.73 Å². The molecule has 3 heteroatoms. The zero-order valence-corrected chi connectivity index (χ0v) is 17.9. The topological polar surface area (TPSA) is 38.7 Å². The van der Waals surface area contributed by atoms with E-state index in [2.05, 4.69) is 24.3 Å². The summed E-state index contributed by atoms with van der Waals surface area (Å²) in [4.78, 5) is 18.3. The Morgan fingerprint density at radius 1 is 0.862 bits per heavy atom. The van der Waals surface area contributed by atoms with Crippen LogP contribution in [0.25, 0.3) is 0 Å². The van der Waals surface area contributed by atoms with Gasteiger partial charge in [-0.3, -0.25) is 4.99 Å². The number of carbonyl (C=O) groups is 1. The van der Waals surface area contributed by atoms with Crippen LogP contribution in [0.4, 0.5) is 0 Å². The normalized spacial score (nSPS) is 16.5. The number of hydrogen-bond acceptors (Lipinski definition) is 3. The van der Waals surface area contributed by atoms with Gasteiger partial charge >= 0.3 is 5.97 Å². The van der Waals surface area contributed by atoms with Gasteiger partial charge in [0, 0.05) is 11.1 Å². The average molecular weight is 392 g/mol. The second kappa shape index (κ2) is 9.87. The first kappa shape index (κ1) is 21.3. The third-order valence-electron chi connectivity index (χ3n) is 5.36. The number of benzene rings is 2. The first-order valence-electron chi connectivity index (χ1n) is 10.9. The zero-order valence-electron chi connectivity index (χ0n) is 17.9. The van der Waals surface area contributed by atoms with E-state index < -0.39 is 11.6 Å². The Kier molecular flexibility index (Phi) is 7.24. The molecule has 29 heavy (non-hydrogen) atoms. The van der Waals surface area contributed by atoms with Crippen LogP contribution >= 0.6 is 0 Å². The van der Waals surface area contributed by atoms with Crippen molar-refractivity contribution in [1.29, 1.82) is 0 Å². The second-order valence-corrected chi connectivity index (χ2v) is 8.94. The summed E-state index contributed by atoms with van der Waals surface area (Å²) in [6, 6.07) is 19.8. The van der Waals surface area contributed by atoms with Crippen LogP contribution in [0.5, 0.6) is 0 Å². The highest BCUT2D eigenvalue weighted by Crippen LogP contribution is 2.30. The number of esters is 1. The minimum absolute atomic E-state index is 0.200. The molecular formula is C26H33NO2. The molecule has 1 atom stereocenters. The standard InChI is InChI=1S/C26H33NO2/c1-26(2,3)29-25(28)24(22-18-8-4-5-9-19-22)27-23(20-14-10-6-11-15-20)21-16-12-7-13-17-21/h6-7,10-17,22,24H,4-5,8-9,18-19H2,1-3H3/t24-/m0/s1. The molecule has 1 aliphatic rings. The quantitative estimate of drug-likeness (QED) is 0.345. The van der Waals surface area contributed by atoms with Gasteiger partial charge in [-0.05, 0) is 39.5 Å². The highest BCUT2D eigenvalue weighted by molar-refractivity contribution is 6.13. The molecule has 1 aliphatic carbocycles. The predicted molar refractivity (Wildman–Crippen MR) is 119 cm³/mol. The maximum Gasteiger partial charge on any atom is 0.331 e. The monoisotopic (exact) mass is 391 g/mol. The molecule has 0 N–H and O–H groups in total. The van der Waals surface area contributed by atoms with Gasteiger partial charge in [-0.2, -0.15) is 0 Å².